The summed E-state index contributed by atoms with van der Waals surface area (Å²) in [5.41, 5.74) is 6.36. The second kappa shape index (κ2) is 8.26. The van der Waals surface area contributed by atoms with Gasteiger partial charge in [0.1, 0.15) is 5.92 Å². The van der Waals surface area contributed by atoms with E-state index in [1.807, 2.05) is 25.2 Å². The number of hydrogen-bond donors (Lipinski definition) is 3. The summed E-state index contributed by atoms with van der Waals surface area (Å²) in [5.74, 6) is -1.16. The first-order valence-corrected chi connectivity index (χ1v) is 6.97. The molecule has 1 unspecified atom stereocenters. The minimum absolute atomic E-state index is 0.115. The van der Waals surface area contributed by atoms with Gasteiger partial charge in [0, 0.05) is 19.1 Å². The van der Waals surface area contributed by atoms with E-state index in [2.05, 4.69) is 29.2 Å². The molecule has 4 N–H and O–H groups in total. The number of nitrogens with zero attached hydrogens (tertiary/aromatic N) is 2. The molecule has 0 saturated heterocycles. The maximum Gasteiger partial charge on any atom is 0.235 e. The van der Waals surface area contributed by atoms with E-state index in [4.69, 9.17) is 10.9 Å². The Morgan fingerprint density at radius 3 is 2.52 bits per heavy atom. The summed E-state index contributed by atoms with van der Waals surface area (Å²) >= 11 is 0. The zero-order chi connectivity index (χ0) is 15.8. The third kappa shape index (κ3) is 5.07. The van der Waals surface area contributed by atoms with Crippen molar-refractivity contribution in [2.24, 2.45) is 10.9 Å². The molecule has 1 amide bonds. The summed E-state index contributed by atoms with van der Waals surface area (Å²) in [4.78, 5) is 14.4. The van der Waals surface area contributed by atoms with E-state index < -0.39 is 5.92 Å². The van der Waals surface area contributed by atoms with Crippen molar-refractivity contribution in [2.45, 2.75) is 25.8 Å². The Bertz CT molecular complexity index is 474. The number of likely N-dealkylation sites (N-methyl/N-ethyl adjacent to an activating group) is 1. The van der Waals surface area contributed by atoms with Crippen LogP contribution >= 0.6 is 0 Å². The number of carbonyl (C=O) groups is 1. The number of amidine groups is 1. The molecule has 6 heteroatoms. The van der Waals surface area contributed by atoms with Crippen LogP contribution in [0.2, 0.25) is 0 Å². The molecule has 0 bridgehead atoms. The standard InChI is InChI=1S/C15H24N4O2/c1-11(2)19(3)10-9-17-15(20)13(14(16)18-21)12-7-5-4-6-8-12/h4-8,11,13,21H,9-10H2,1-3H3,(H2,16,18)(H,17,20). The van der Waals surface area contributed by atoms with E-state index in [-0.39, 0.29) is 11.7 Å². The Labute approximate surface area is 125 Å². The molecule has 0 heterocycles. The van der Waals surface area contributed by atoms with Crippen molar-refractivity contribution in [3.05, 3.63) is 35.9 Å². The fraction of sp³-hybridized carbons (Fsp3) is 0.467. The van der Waals surface area contributed by atoms with E-state index in [9.17, 15) is 4.79 Å². The first-order valence-electron chi connectivity index (χ1n) is 6.97. The molecule has 0 radical (unpaired) electrons. The van der Waals surface area contributed by atoms with Crippen LogP contribution in [0, 0.1) is 0 Å². The van der Waals surface area contributed by atoms with Crippen LogP contribution in [0.4, 0.5) is 0 Å². The normalized spacial score (nSPS) is 13.5. The minimum Gasteiger partial charge on any atom is -0.409 e. The molecule has 0 aromatic heterocycles. The third-order valence-corrected chi connectivity index (χ3v) is 3.45. The summed E-state index contributed by atoms with van der Waals surface area (Å²) in [6.45, 7) is 5.42. The van der Waals surface area contributed by atoms with Crippen LogP contribution in [-0.4, -0.2) is 48.0 Å². The SMILES string of the molecule is CC(C)N(C)CCNC(=O)C(C(N)=NO)c1ccccc1. The highest BCUT2D eigenvalue weighted by Gasteiger charge is 2.24. The number of hydrogen-bond acceptors (Lipinski definition) is 4. The van der Waals surface area contributed by atoms with Gasteiger partial charge in [0.05, 0.1) is 0 Å². The van der Waals surface area contributed by atoms with Gasteiger partial charge in [-0.25, -0.2) is 0 Å². The highest BCUT2D eigenvalue weighted by Crippen LogP contribution is 2.15. The quantitative estimate of drug-likeness (QED) is 0.302. The Morgan fingerprint density at radius 1 is 1.38 bits per heavy atom. The molecular formula is C15H24N4O2. The lowest BCUT2D eigenvalue weighted by atomic mass is 9.97. The highest BCUT2D eigenvalue weighted by molar-refractivity contribution is 6.07. The Hall–Kier alpha value is -2.08. The first-order chi connectivity index (χ1) is 9.97. The van der Waals surface area contributed by atoms with E-state index in [1.54, 1.807) is 12.1 Å². The van der Waals surface area contributed by atoms with E-state index in [0.29, 0.717) is 18.2 Å². The third-order valence-electron chi connectivity index (χ3n) is 3.45. The number of nitrogens with one attached hydrogen (secondary N) is 1. The molecule has 1 rings (SSSR count). The molecule has 0 aliphatic carbocycles. The predicted molar refractivity (Wildman–Crippen MR) is 83.4 cm³/mol. The molecule has 0 aliphatic heterocycles. The van der Waals surface area contributed by atoms with Crippen molar-refractivity contribution in [3.8, 4) is 0 Å². The van der Waals surface area contributed by atoms with Crippen LogP contribution in [0.25, 0.3) is 0 Å². The zero-order valence-corrected chi connectivity index (χ0v) is 12.8. The van der Waals surface area contributed by atoms with Gasteiger partial charge in [0.25, 0.3) is 0 Å². The lowest BCUT2D eigenvalue weighted by molar-refractivity contribution is -0.121. The van der Waals surface area contributed by atoms with Crippen LogP contribution in [0.1, 0.15) is 25.3 Å². The van der Waals surface area contributed by atoms with Gasteiger partial charge < -0.3 is 21.2 Å². The van der Waals surface area contributed by atoms with Crippen molar-refractivity contribution < 1.29 is 10.0 Å². The van der Waals surface area contributed by atoms with Crippen molar-refractivity contribution >= 4 is 11.7 Å². The second-order valence-corrected chi connectivity index (χ2v) is 5.23. The Morgan fingerprint density at radius 2 is 2.00 bits per heavy atom. The molecule has 21 heavy (non-hydrogen) atoms. The van der Waals surface area contributed by atoms with Crippen molar-refractivity contribution in [1.82, 2.24) is 10.2 Å². The van der Waals surface area contributed by atoms with Gasteiger partial charge in [0.15, 0.2) is 5.84 Å². The minimum atomic E-state index is -0.777. The predicted octanol–water partition coefficient (Wildman–Crippen LogP) is 0.973. The summed E-state index contributed by atoms with van der Waals surface area (Å²) in [6, 6.07) is 9.45. The molecule has 6 nitrogen and oxygen atoms in total. The number of benzene rings is 1. The molecular weight excluding hydrogens is 268 g/mol. The smallest absolute Gasteiger partial charge is 0.235 e. The molecule has 1 aromatic rings. The Balaban J connectivity index is 2.70. The number of nitrogens with two attached hydrogens (primary N) is 1. The van der Waals surface area contributed by atoms with Gasteiger partial charge in [-0.2, -0.15) is 0 Å². The molecule has 0 aliphatic rings. The van der Waals surface area contributed by atoms with Gasteiger partial charge in [-0.1, -0.05) is 35.5 Å². The number of rotatable bonds is 7. The number of amides is 1. The largest absolute Gasteiger partial charge is 0.409 e. The number of oxime groups is 1. The first kappa shape index (κ1) is 17.0. The molecule has 1 aromatic carbocycles. The molecule has 116 valence electrons. The van der Waals surface area contributed by atoms with Crippen LogP contribution in [0.3, 0.4) is 0 Å². The van der Waals surface area contributed by atoms with Crippen molar-refractivity contribution in [3.63, 3.8) is 0 Å². The fourth-order valence-corrected chi connectivity index (χ4v) is 1.88. The zero-order valence-electron chi connectivity index (χ0n) is 12.8. The van der Waals surface area contributed by atoms with Crippen LogP contribution in [-0.2, 0) is 4.79 Å². The van der Waals surface area contributed by atoms with Crippen LogP contribution in [0.15, 0.2) is 35.5 Å². The van der Waals surface area contributed by atoms with E-state index >= 15 is 0 Å². The molecule has 0 fully saturated rings. The summed E-state index contributed by atoms with van der Waals surface area (Å²) in [7, 11) is 2.00. The highest BCUT2D eigenvalue weighted by atomic mass is 16.4. The van der Waals surface area contributed by atoms with Gasteiger partial charge in [-0.05, 0) is 26.5 Å². The molecule has 0 spiro atoms. The number of carbonyl (C=O) groups excluding carboxylic acids is 1. The molecule has 0 saturated carbocycles. The maximum atomic E-state index is 12.3. The maximum absolute atomic E-state index is 12.3. The lowest BCUT2D eigenvalue weighted by Gasteiger charge is -2.22. The molecule has 1 atom stereocenters. The summed E-state index contributed by atoms with van der Waals surface area (Å²) < 4.78 is 0. The second-order valence-electron chi connectivity index (χ2n) is 5.23. The summed E-state index contributed by atoms with van der Waals surface area (Å²) in [5, 5.41) is 14.7. The van der Waals surface area contributed by atoms with E-state index in [0.717, 1.165) is 6.54 Å². The van der Waals surface area contributed by atoms with Crippen LogP contribution in [0.5, 0.6) is 0 Å². The van der Waals surface area contributed by atoms with Crippen molar-refractivity contribution in [1.29, 1.82) is 0 Å². The topological polar surface area (TPSA) is 91.0 Å². The van der Waals surface area contributed by atoms with E-state index in [1.165, 1.54) is 0 Å². The van der Waals surface area contributed by atoms with Crippen LogP contribution < -0.4 is 11.1 Å². The van der Waals surface area contributed by atoms with Gasteiger partial charge in [-0.3, -0.25) is 4.79 Å². The lowest BCUT2D eigenvalue weighted by Crippen LogP contribution is -2.41. The average Bonchev–Trinajstić information content (AvgIpc) is 2.48. The summed E-state index contributed by atoms with van der Waals surface area (Å²) in [6.07, 6.45) is 0. The van der Waals surface area contributed by atoms with Gasteiger partial charge >= 0.3 is 0 Å². The Kier molecular flexibility index (Phi) is 6.68. The monoisotopic (exact) mass is 292 g/mol. The average molecular weight is 292 g/mol. The van der Waals surface area contributed by atoms with Gasteiger partial charge in [-0.15, -0.1) is 0 Å². The van der Waals surface area contributed by atoms with Gasteiger partial charge in [0.2, 0.25) is 5.91 Å². The fourth-order valence-electron chi connectivity index (χ4n) is 1.88. The van der Waals surface area contributed by atoms with Crippen molar-refractivity contribution in [2.75, 3.05) is 20.1 Å².